The van der Waals surface area contributed by atoms with Crippen LogP contribution < -0.4 is 4.90 Å². The molecule has 1 saturated carbocycles. The largest absolute Gasteiger partial charge is 0.389 e. The standard InChI is InChI=1S/C14H20BrNO/c1-3-16(9-11-4-5-11)12-6-7-13(10(2)17)14(15)8-12/h6-8,10-11,17H,3-5,9H2,1-2H3. The lowest BCUT2D eigenvalue weighted by atomic mass is 10.1. The van der Waals surface area contributed by atoms with Gasteiger partial charge in [0, 0.05) is 23.2 Å². The fourth-order valence-corrected chi connectivity index (χ4v) is 2.78. The lowest BCUT2D eigenvalue weighted by Crippen LogP contribution is -2.25. The van der Waals surface area contributed by atoms with Crippen LogP contribution in [0.3, 0.4) is 0 Å². The average Bonchev–Trinajstić information content (AvgIpc) is 3.09. The highest BCUT2D eigenvalue weighted by atomic mass is 79.9. The third-order valence-electron chi connectivity index (χ3n) is 3.36. The van der Waals surface area contributed by atoms with Crippen LogP contribution >= 0.6 is 15.9 Å². The molecule has 2 nitrogen and oxygen atoms in total. The SMILES string of the molecule is CCN(CC1CC1)c1ccc(C(C)O)c(Br)c1. The van der Waals surface area contributed by atoms with Crippen LogP contribution in [0.5, 0.6) is 0 Å². The molecular weight excluding hydrogens is 278 g/mol. The van der Waals surface area contributed by atoms with Crippen molar-refractivity contribution in [1.82, 2.24) is 0 Å². The van der Waals surface area contributed by atoms with Crippen molar-refractivity contribution in [3.8, 4) is 0 Å². The first kappa shape index (κ1) is 12.9. The molecule has 0 saturated heterocycles. The molecule has 1 N–H and O–H groups in total. The van der Waals surface area contributed by atoms with E-state index in [-0.39, 0.29) is 0 Å². The first-order chi connectivity index (χ1) is 8.11. The van der Waals surface area contributed by atoms with E-state index in [4.69, 9.17) is 0 Å². The van der Waals surface area contributed by atoms with Crippen LogP contribution in [-0.4, -0.2) is 18.2 Å². The minimum atomic E-state index is -0.420. The summed E-state index contributed by atoms with van der Waals surface area (Å²) in [5, 5.41) is 9.60. The molecule has 1 aliphatic rings. The van der Waals surface area contributed by atoms with Gasteiger partial charge >= 0.3 is 0 Å². The molecule has 2 rings (SSSR count). The molecule has 0 aromatic heterocycles. The van der Waals surface area contributed by atoms with Crippen LogP contribution in [0, 0.1) is 5.92 Å². The highest BCUT2D eigenvalue weighted by Gasteiger charge is 2.24. The molecule has 1 aromatic rings. The molecule has 94 valence electrons. The molecule has 3 heteroatoms. The minimum absolute atomic E-state index is 0.420. The third-order valence-corrected chi connectivity index (χ3v) is 4.04. The van der Waals surface area contributed by atoms with E-state index in [0.717, 1.165) is 29.0 Å². The average molecular weight is 298 g/mol. The molecule has 0 heterocycles. The van der Waals surface area contributed by atoms with E-state index in [1.165, 1.54) is 18.5 Å². The van der Waals surface area contributed by atoms with Gasteiger partial charge in [0.05, 0.1) is 6.10 Å². The van der Waals surface area contributed by atoms with Gasteiger partial charge in [-0.25, -0.2) is 0 Å². The van der Waals surface area contributed by atoms with Crippen LogP contribution in [0.1, 0.15) is 38.4 Å². The Hall–Kier alpha value is -0.540. The van der Waals surface area contributed by atoms with Crippen molar-refractivity contribution >= 4 is 21.6 Å². The van der Waals surface area contributed by atoms with Crippen LogP contribution in [0.25, 0.3) is 0 Å². The highest BCUT2D eigenvalue weighted by molar-refractivity contribution is 9.10. The number of hydrogen-bond donors (Lipinski definition) is 1. The Morgan fingerprint density at radius 2 is 2.18 bits per heavy atom. The van der Waals surface area contributed by atoms with Crippen LogP contribution in [-0.2, 0) is 0 Å². The summed E-state index contributed by atoms with van der Waals surface area (Å²) in [7, 11) is 0. The first-order valence-electron chi connectivity index (χ1n) is 6.34. The maximum Gasteiger partial charge on any atom is 0.0772 e. The molecule has 1 unspecified atom stereocenters. The van der Waals surface area contributed by atoms with Crippen molar-refractivity contribution < 1.29 is 5.11 Å². The van der Waals surface area contributed by atoms with E-state index in [2.05, 4.69) is 39.9 Å². The second-order valence-corrected chi connectivity index (χ2v) is 5.72. The van der Waals surface area contributed by atoms with Crippen LogP contribution in [0.15, 0.2) is 22.7 Å². The van der Waals surface area contributed by atoms with Gasteiger partial charge in [0.1, 0.15) is 0 Å². The minimum Gasteiger partial charge on any atom is -0.389 e. The van der Waals surface area contributed by atoms with E-state index in [0.29, 0.717) is 0 Å². The Balaban J connectivity index is 2.16. The smallest absolute Gasteiger partial charge is 0.0772 e. The Bertz CT molecular complexity index is 388. The van der Waals surface area contributed by atoms with Gasteiger partial charge in [-0.15, -0.1) is 0 Å². The summed E-state index contributed by atoms with van der Waals surface area (Å²) in [6.07, 6.45) is 2.34. The summed E-state index contributed by atoms with van der Waals surface area (Å²) in [4.78, 5) is 2.41. The number of halogens is 1. The number of nitrogens with zero attached hydrogens (tertiary/aromatic N) is 1. The second kappa shape index (κ2) is 5.40. The molecule has 1 aromatic carbocycles. The molecule has 0 aliphatic heterocycles. The fourth-order valence-electron chi connectivity index (χ4n) is 2.08. The molecular formula is C14H20BrNO. The normalized spacial score (nSPS) is 16.9. The Kier molecular flexibility index (Phi) is 4.10. The Morgan fingerprint density at radius 3 is 2.65 bits per heavy atom. The molecule has 1 fully saturated rings. The van der Waals surface area contributed by atoms with Crippen molar-refractivity contribution in [2.75, 3.05) is 18.0 Å². The monoisotopic (exact) mass is 297 g/mol. The molecule has 0 bridgehead atoms. The number of hydrogen-bond acceptors (Lipinski definition) is 2. The summed E-state index contributed by atoms with van der Waals surface area (Å²) >= 11 is 3.54. The molecule has 1 atom stereocenters. The maximum absolute atomic E-state index is 9.60. The molecule has 17 heavy (non-hydrogen) atoms. The van der Waals surface area contributed by atoms with Crippen molar-refractivity contribution in [2.45, 2.75) is 32.8 Å². The van der Waals surface area contributed by atoms with Gasteiger partial charge in [-0.05, 0) is 50.3 Å². The quantitative estimate of drug-likeness (QED) is 0.895. The summed E-state index contributed by atoms with van der Waals surface area (Å²) in [6, 6.07) is 6.24. The van der Waals surface area contributed by atoms with Crippen molar-refractivity contribution in [3.63, 3.8) is 0 Å². The lowest BCUT2D eigenvalue weighted by molar-refractivity contribution is 0.198. The second-order valence-electron chi connectivity index (χ2n) is 4.86. The summed E-state index contributed by atoms with van der Waals surface area (Å²) in [5.74, 6) is 0.894. The van der Waals surface area contributed by atoms with Gasteiger partial charge < -0.3 is 10.0 Å². The van der Waals surface area contributed by atoms with Gasteiger partial charge in [-0.1, -0.05) is 22.0 Å². The molecule has 0 radical (unpaired) electrons. The van der Waals surface area contributed by atoms with E-state index >= 15 is 0 Å². The summed E-state index contributed by atoms with van der Waals surface area (Å²) in [5.41, 5.74) is 2.20. The van der Waals surface area contributed by atoms with E-state index in [1.807, 2.05) is 6.07 Å². The van der Waals surface area contributed by atoms with Gasteiger partial charge in [0.15, 0.2) is 0 Å². The van der Waals surface area contributed by atoms with Gasteiger partial charge in [-0.2, -0.15) is 0 Å². The number of aliphatic hydroxyl groups is 1. The highest BCUT2D eigenvalue weighted by Crippen LogP contribution is 2.33. The zero-order valence-electron chi connectivity index (χ0n) is 10.5. The molecule has 1 aliphatic carbocycles. The van der Waals surface area contributed by atoms with E-state index in [1.54, 1.807) is 6.92 Å². The predicted molar refractivity (Wildman–Crippen MR) is 75.4 cm³/mol. The third kappa shape index (κ3) is 3.23. The summed E-state index contributed by atoms with van der Waals surface area (Å²) < 4.78 is 0.999. The fraction of sp³-hybridized carbons (Fsp3) is 0.571. The van der Waals surface area contributed by atoms with Crippen LogP contribution in [0.2, 0.25) is 0 Å². The van der Waals surface area contributed by atoms with Crippen molar-refractivity contribution in [3.05, 3.63) is 28.2 Å². The topological polar surface area (TPSA) is 23.5 Å². The Morgan fingerprint density at radius 1 is 1.47 bits per heavy atom. The number of anilines is 1. The predicted octanol–water partition coefficient (Wildman–Crippen LogP) is 3.74. The molecule has 0 amide bonds. The van der Waals surface area contributed by atoms with Crippen LogP contribution in [0.4, 0.5) is 5.69 Å². The first-order valence-corrected chi connectivity index (χ1v) is 7.13. The zero-order valence-corrected chi connectivity index (χ0v) is 12.1. The number of benzene rings is 1. The van der Waals surface area contributed by atoms with Crippen molar-refractivity contribution in [1.29, 1.82) is 0 Å². The zero-order chi connectivity index (χ0) is 12.4. The van der Waals surface area contributed by atoms with Gasteiger partial charge in [0.2, 0.25) is 0 Å². The Labute approximate surface area is 112 Å². The summed E-state index contributed by atoms with van der Waals surface area (Å²) in [6.45, 7) is 6.19. The van der Waals surface area contributed by atoms with Gasteiger partial charge in [0.25, 0.3) is 0 Å². The van der Waals surface area contributed by atoms with E-state index < -0.39 is 6.10 Å². The van der Waals surface area contributed by atoms with Crippen molar-refractivity contribution in [2.24, 2.45) is 5.92 Å². The number of aliphatic hydroxyl groups excluding tert-OH is 1. The van der Waals surface area contributed by atoms with E-state index in [9.17, 15) is 5.11 Å². The maximum atomic E-state index is 9.60. The lowest BCUT2D eigenvalue weighted by Gasteiger charge is -2.24. The molecule has 0 spiro atoms. The number of rotatable bonds is 5. The van der Waals surface area contributed by atoms with Gasteiger partial charge in [-0.3, -0.25) is 0 Å².